The molecule has 0 atom stereocenters. The number of hydrogen-bond donors (Lipinski definition) is 2. The summed E-state index contributed by atoms with van der Waals surface area (Å²) in [5.74, 6) is 0.654. The van der Waals surface area contributed by atoms with Crippen molar-refractivity contribution < 1.29 is 4.74 Å². The molecule has 0 radical (unpaired) electrons. The zero-order valence-electron chi connectivity index (χ0n) is 12.2. The fourth-order valence-corrected chi connectivity index (χ4v) is 2.36. The average Bonchev–Trinajstić information content (AvgIpc) is 2.95. The van der Waals surface area contributed by atoms with Crippen LogP contribution in [0.3, 0.4) is 0 Å². The van der Waals surface area contributed by atoms with Crippen molar-refractivity contribution >= 4 is 5.95 Å². The second-order valence-electron chi connectivity index (χ2n) is 5.03. The molecule has 2 N–H and O–H groups in total. The van der Waals surface area contributed by atoms with Gasteiger partial charge in [-0.15, -0.1) is 0 Å². The third kappa shape index (κ3) is 3.56. The van der Waals surface area contributed by atoms with E-state index in [4.69, 9.17) is 4.74 Å². The molecule has 7 heteroatoms. The summed E-state index contributed by atoms with van der Waals surface area (Å²) in [6.07, 6.45) is 3.63. The largest absolute Gasteiger partial charge is 0.379 e. The van der Waals surface area contributed by atoms with Crippen molar-refractivity contribution in [3.05, 3.63) is 24.2 Å². The van der Waals surface area contributed by atoms with Gasteiger partial charge in [-0.05, 0) is 13.0 Å². The second-order valence-corrected chi connectivity index (χ2v) is 5.03. The third-order valence-electron chi connectivity index (χ3n) is 3.58. The number of anilines is 1. The number of rotatable bonds is 5. The van der Waals surface area contributed by atoms with E-state index < -0.39 is 0 Å². The van der Waals surface area contributed by atoms with Gasteiger partial charge in [-0.25, -0.2) is 9.97 Å². The molecule has 0 amide bonds. The number of aromatic nitrogens is 4. The molecule has 3 heterocycles. The van der Waals surface area contributed by atoms with E-state index in [1.54, 1.807) is 6.20 Å². The summed E-state index contributed by atoms with van der Waals surface area (Å²) in [5, 5.41) is 10.3. The molecule has 0 unspecified atom stereocenters. The fraction of sp³-hybridized carbons (Fsp3) is 0.500. The molecule has 1 aliphatic rings. The minimum Gasteiger partial charge on any atom is -0.379 e. The van der Waals surface area contributed by atoms with Gasteiger partial charge in [0.1, 0.15) is 0 Å². The maximum Gasteiger partial charge on any atom is 0.223 e. The van der Waals surface area contributed by atoms with Gasteiger partial charge in [0.05, 0.1) is 24.6 Å². The van der Waals surface area contributed by atoms with Gasteiger partial charge in [-0.1, -0.05) is 0 Å². The molecule has 0 aromatic carbocycles. The van der Waals surface area contributed by atoms with E-state index in [0.717, 1.165) is 56.3 Å². The lowest BCUT2D eigenvalue weighted by molar-refractivity contribution is 0.0398. The summed E-state index contributed by atoms with van der Waals surface area (Å²) in [7, 11) is 0. The molecule has 1 fully saturated rings. The van der Waals surface area contributed by atoms with Crippen molar-refractivity contribution in [1.82, 2.24) is 25.1 Å². The number of morpholine rings is 1. The Bertz CT molecular complexity index is 578. The molecular weight excluding hydrogens is 268 g/mol. The van der Waals surface area contributed by atoms with E-state index in [1.807, 2.05) is 19.2 Å². The number of aryl methyl sites for hydroxylation is 1. The van der Waals surface area contributed by atoms with Crippen LogP contribution in [0.4, 0.5) is 5.95 Å². The summed E-state index contributed by atoms with van der Waals surface area (Å²) < 4.78 is 5.34. The molecule has 112 valence electrons. The molecule has 7 nitrogen and oxygen atoms in total. The van der Waals surface area contributed by atoms with Crippen molar-refractivity contribution in [2.24, 2.45) is 0 Å². The average molecular weight is 288 g/mol. The van der Waals surface area contributed by atoms with Crippen molar-refractivity contribution in [3.8, 4) is 11.3 Å². The highest BCUT2D eigenvalue weighted by molar-refractivity contribution is 5.61. The van der Waals surface area contributed by atoms with Crippen LogP contribution in [0.5, 0.6) is 0 Å². The number of hydrogen-bond acceptors (Lipinski definition) is 6. The highest BCUT2D eigenvalue weighted by Crippen LogP contribution is 2.19. The van der Waals surface area contributed by atoms with Crippen LogP contribution in [0.2, 0.25) is 0 Å². The standard InChI is InChI=1S/C14H20N6O/c1-11-12(10-17-19-11)13-2-3-15-14(18-13)16-4-5-20-6-8-21-9-7-20/h2-3,10H,4-9H2,1H3,(H,17,19)(H,15,16,18). The molecule has 0 bridgehead atoms. The first-order chi connectivity index (χ1) is 10.3. The van der Waals surface area contributed by atoms with Crippen molar-refractivity contribution in [1.29, 1.82) is 0 Å². The van der Waals surface area contributed by atoms with Crippen LogP contribution in [0.15, 0.2) is 18.5 Å². The number of nitrogens with one attached hydrogen (secondary N) is 2. The topological polar surface area (TPSA) is 79.0 Å². The smallest absolute Gasteiger partial charge is 0.223 e. The minimum absolute atomic E-state index is 0.654. The molecule has 1 saturated heterocycles. The van der Waals surface area contributed by atoms with E-state index >= 15 is 0 Å². The first-order valence-corrected chi connectivity index (χ1v) is 7.21. The second kappa shape index (κ2) is 6.64. The Morgan fingerprint density at radius 3 is 3.00 bits per heavy atom. The summed E-state index contributed by atoms with van der Waals surface area (Å²) in [6, 6.07) is 1.89. The molecule has 0 spiro atoms. The number of ether oxygens (including phenoxy) is 1. The van der Waals surface area contributed by atoms with Gasteiger partial charge in [-0.2, -0.15) is 5.10 Å². The van der Waals surface area contributed by atoms with E-state index in [9.17, 15) is 0 Å². The monoisotopic (exact) mass is 288 g/mol. The summed E-state index contributed by atoms with van der Waals surface area (Å²) in [5.41, 5.74) is 2.83. The van der Waals surface area contributed by atoms with E-state index in [-0.39, 0.29) is 0 Å². The molecule has 0 saturated carbocycles. The highest BCUT2D eigenvalue weighted by Gasteiger charge is 2.10. The highest BCUT2D eigenvalue weighted by atomic mass is 16.5. The minimum atomic E-state index is 0.654. The maximum atomic E-state index is 5.34. The zero-order valence-corrected chi connectivity index (χ0v) is 12.2. The van der Waals surface area contributed by atoms with Crippen LogP contribution in [-0.2, 0) is 4.74 Å². The van der Waals surface area contributed by atoms with Crippen molar-refractivity contribution in [2.45, 2.75) is 6.92 Å². The first kappa shape index (κ1) is 14.0. The van der Waals surface area contributed by atoms with Gasteiger partial charge in [0, 0.05) is 44.1 Å². The number of nitrogens with zero attached hydrogens (tertiary/aromatic N) is 4. The summed E-state index contributed by atoms with van der Waals surface area (Å²) in [6.45, 7) is 7.40. The number of H-pyrrole nitrogens is 1. The fourth-order valence-electron chi connectivity index (χ4n) is 2.36. The van der Waals surface area contributed by atoms with Gasteiger partial charge in [0.2, 0.25) is 5.95 Å². The Morgan fingerprint density at radius 2 is 2.24 bits per heavy atom. The molecule has 0 aliphatic carbocycles. The number of aromatic amines is 1. The van der Waals surface area contributed by atoms with Crippen molar-refractivity contribution in [3.63, 3.8) is 0 Å². The molecule has 2 aromatic heterocycles. The predicted octanol–water partition coefficient (Wildman–Crippen LogP) is 0.919. The molecule has 1 aliphatic heterocycles. The summed E-state index contributed by atoms with van der Waals surface area (Å²) >= 11 is 0. The Labute approximate surface area is 123 Å². The Morgan fingerprint density at radius 1 is 1.38 bits per heavy atom. The van der Waals surface area contributed by atoms with Gasteiger partial charge in [0.15, 0.2) is 0 Å². The Kier molecular flexibility index (Phi) is 4.42. The van der Waals surface area contributed by atoms with Crippen LogP contribution in [0.1, 0.15) is 5.69 Å². The van der Waals surface area contributed by atoms with Gasteiger partial charge < -0.3 is 10.1 Å². The van der Waals surface area contributed by atoms with E-state index in [1.165, 1.54) is 0 Å². The van der Waals surface area contributed by atoms with Crippen molar-refractivity contribution in [2.75, 3.05) is 44.7 Å². The Hall–Kier alpha value is -1.99. The SMILES string of the molecule is Cc1n[nH]cc1-c1ccnc(NCCN2CCOCC2)n1. The van der Waals surface area contributed by atoms with Gasteiger partial charge in [0.25, 0.3) is 0 Å². The lowest BCUT2D eigenvalue weighted by Gasteiger charge is -2.26. The molecule has 21 heavy (non-hydrogen) atoms. The van der Waals surface area contributed by atoms with E-state index in [2.05, 4.69) is 30.4 Å². The zero-order chi connectivity index (χ0) is 14.5. The third-order valence-corrected chi connectivity index (χ3v) is 3.58. The van der Waals surface area contributed by atoms with Crippen LogP contribution in [0, 0.1) is 6.92 Å². The lowest BCUT2D eigenvalue weighted by atomic mass is 10.2. The van der Waals surface area contributed by atoms with Gasteiger partial charge >= 0.3 is 0 Å². The molecule has 2 aromatic rings. The van der Waals surface area contributed by atoms with Crippen LogP contribution in [-0.4, -0.2) is 64.5 Å². The van der Waals surface area contributed by atoms with Gasteiger partial charge in [-0.3, -0.25) is 10.00 Å². The maximum absolute atomic E-state index is 5.34. The predicted molar refractivity (Wildman–Crippen MR) is 80.1 cm³/mol. The lowest BCUT2D eigenvalue weighted by Crippen LogP contribution is -2.39. The quantitative estimate of drug-likeness (QED) is 0.852. The molecule has 3 rings (SSSR count). The Balaban J connectivity index is 1.57. The first-order valence-electron chi connectivity index (χ1n) is 7.21. The van der Waals surface area contributed by atoms with E-state index in [0.29, 0.717) is 5.95 Å². The van der Waals surface area contributed by atoms with Crippen LogP contribution < -0.4 is 5.32 Å². The molecular formula is C14H20N6O. The summed E-state index contributed by atoms with van der Waals surface area (Å²) in [4.78, 5) is 11.2. The van der Waals surface area contributed by atoms with Crippen LogP contribution >= 0.6 is 0 Å². The normalized spacial score (nSPS) is 16.0. The van der Waals surface area contributed by atoms with Crippen LogP contribution in [0.25, 0.3) is 11.3 Å².